The average molecular weight is 263 g/mol. The molecule has 0 heterocycles. The Morgan fingerprint density at radius 2 is 2.05 bits per heavy atom. The molecular formula is C16H22FNO. The summed E-state index contributed by atoms with van der Waals surface area (Å²) in [5.74, 6) is 0.384. The van der Waals surface area contributed by atoms with Gasteiger partial charge >= 0.3 is 0 Å². The van der Waals surface area contributed by atoms with Crippen molar-refractivity contribution < 1.29 is 9.18 Å². The summed E-state index contributed by atoms with van der Waals surface area (Å²) in [4.78, 5) is 11.9. The second-order valence-electron chi connectivity index (χ2n) is 5.53. The summed E-state index contributed by atoms with van der Waals surface area (Å²) in [6, 6.07) is 6.96. The highest BCUT2D eigenvalue weighted by atomic mass is 19.1. The van der Waals surface area contributed by atoms with Crippen LogP contribution < -0.4 is 5.32 Å². The van der Waals surface area contributed by atoms with Gasteiger partial charge in [0.05, 0.1) is 0 Å². The van der Waals surface area contributed by atoms with Gasteiger partial charge in [-0.15, -0.1) is 0 Å². The van der Waals surface area contributed by atoms with Crippen LogP contribution in [0.1, 0.15) is 44.6 Å². The molecule has 1 aromatic carbocycles. The summed E-state index contributed by atoms with van der Waals surface area (Å²) in [6.45, 7) is 2.20. The molecule has 1 aliphatic rings. The second kappa shape index (κ2) is 6.69. The molecule has 0 spiro atoms. The molecular weight excluding hydrogens is 241 g/mol. The Bertz CT molecular complexity index is 433. The lowest BCUT2D eigenvalue weighted by Crippen LogP contribution is -2.41. The number of carbonyl (C=O) groups is 1. The van der Waals surface area contributed by atoms with Crippen LogP contribution in [0.4, 0.5) is 4.39 Å². The summed E-state index contributed by atoms with van der Waals surface area (Å²) in [5.41, 5.74) is 0.620. The highest BCUT2D eigenvalue weighted by Gasteiger charge is 2.22. The Kier molecular flexibility index (Phi) is 4.94. The number of halogens is 1. The van der Waals surface area contributed by atoms with E-state index in [1.807, 2.05) is 0 Å². The van der Waals surface area contributed by atoms with Gasteiger partial charge in [0.25, 0.3) is 0 Å². The Morgan fingerprint density at radius 3 is 2.79 bits per heavy atom. The maximum atomic E-state index is 13.4. The fourth-order valence-electron chi connectivity index (χ4n) is 2.76. The molecule has 104 valence electrons. The van der Waals surface area contributed by atoms with E-state index in [9.17, 15) is 9.18 Å². The quantitative estimate of drug-likeness (QED) is 0.885. The summed E-state index contributed by atoms with van der Waals surface area (Å²) in [6.07, 6.45) is 5.57. The van der Waals surface area contributed by atoms with E-state index in [1.54, 1.807) is 18.2 Å². The minimum absolute atomic E-state index is 0.0435. The van der Waals surface area contributed by atoms with Crippen molar-refractivity contribution >= 4 is 5.91 Å². The van der Waals surface area contributed by atoms with Crippen LogP contribution in [0, 0.1) is 11.7 Å². The molecule has 1 saturated carbocycles. The van der Waals surface area contributed by atoms with E-state index in [0.717, 1.165) is 6.42 Å². The predicted octanol–water partition coefficient (Wildman–Crippen LogP) is 3.45. The average Bonchev–Trinajstić information content (AvgIpc) is 2.40. The van der Waals surface area contributed by atoms with E-state index in [2.05, 4.69) is 12.2 Å². The largest absolute Gasteiger partial charge is 0.353 e. The molecule has 1 fully saturated rings. The molecule has 0 aromatic heterocycles. The molecule has 2 atom stereocenters. The molecule has 2 nitrogen and oxygen atoms in total. The lowest BCUT2D eigenvalue weighted by Gasteiger charge is -2.29. The van der Waals surface area contributed by atoms with Crippen LogP contribution in [-0.2, 0) is 11.2 Å². The maximum absolute atomic E-state index is 13.4. The van der Waals surface area contributed by atoms with Crippen molar-refractivity contribution in [2.75, 3.05) is 0 Å². The Hall–Kier alpha value is -1.38. The number of amides is 1. The third kappa shape index (κ3) is 4.05. The first-order valence-electron chi connectivity index (χ1n) is 7.19. The highest BCUT2D eigenvalue weighted by molar-refractivity contribution is 5.76. The van der Waals surface area contributed by atoms with Crippen molar-refractivity contribution in [3.63, 3.8) is 0 Å². The van der Waals surface area contributed by atoms with Gasteiger partial charge in [0.1, 0.15) is 5.82 Å². The number of hydrogen-bond acceptors (Lipinski definition) is 1. The summed E-state index contributed by atoms with van der Waals surface area (Å²) in [5, 5.41) is 3.10. The summed E-state index contributed by atoms with van der Waals surface area (Å²) >= 11 is 0. The molecule has 2 unspecified atom stereocenters. The Balaban J connectivity index is 1.80. The van der Waals surface area contributed by atoms with Gasteiger partial charge < -0.3 is 5.32 Å². The van der Waals surface area contributed by atoms with Gasteiger partial charge in [-0.3, -0.25) is 4.79 Å². The smallest absolute Gasteiger partial charge is 0.220 e. The minimum atomic E-state index is -0.221. The van der Waals surface area contributed by atoms with Crippen LogP contribution in [0.2, 0.25) is 0 Å². The van der Waals surface area contributed by atoms with Crippen LogP contribution in [-0.4, -0.2) is 11.9 Å². The van der Waals surface area contributed by atoms with Crippen molar-refractivity contribution in [2.45, 2.75) is 51.5 Å². The number of carbonyl (C=O) groups excluding carboxylic acids is 1. The fourth-order valence-corrected chi connectivity index (χ4v) is 2.76. The first kappa shape index (κ1) is 14.0. The van der Waals surface area contributed by atoms with Gasteiger partial charge in [-0.25, -0.2) is 4.39 Å². The van der Waals surface area contributed by atoms with Crippen molar-refractivity contribution in [3.8, 4) is 0 Å². The first-order chi connectivity index (χ1) is 9.16. The van der Waals surface area contributed by atoms with E-state index in [-0.39, 0.29) is 11.7 Å². The van der Waals surface area contributed by atoms with E-state index in [1.165, 1.54) is 25.3 Å². The predicted molar refractivity (Wildman–Crippen MR) is 74.3 cm³/mol. The third-order valence-electron chi connectivity index (χ3n) is 4.04. The van der Waals surface area contributed by atoms with Gasteiger partial charge in [-0.1, -0.05) is 38.0 Å². The first-order valence-corrected chi connectivity index (χ1v) is 7.19. The Morgan fingerprint density at radius 1 is 1.32 bits per heavy atom. The molecule has 1 amide bonds. The highest BCUT2D eigenvalue weighted by Crippen LogP contribution is 2.23. The van der Waals surface area contributed by atoms with Crippen molar-refractivity contribution in [2.24, 2.45) is 5.92 Å². The molecule has 1 aromatic rings. The van der Waals surface area contributed by atoms with Crippen LogP contribution in [0.3, 0.4) is 0 Å². The monoisotopic (exact) mass is 263 g/mol. The third-order valence-corrected chi connectivity index (χ3v) is 4.04. The van der Waals surface area contributed by atoms with Crippen molar-refractivity contribution in [3.05, 3.63) is 35.6 Å². The van der Waals surface area contributed by atoms with Gasteiger partial charge in [-0.2, -0.15) is 0 Å². The molecule has 0 saturated heterocycles. The van der Waals surface area contributed by atoms with E-state index < -0.39 is 0 Å². The van der Waals surface area contributed by atoms with Crippen molar-refractivity contribution in [1.29, 1.82) is 0 Å². The maximum Gasteiger partial charge on any atom is 0.220 e. The van der Waals surface area contributed by atoms with Crippen LogP contribution >= 0.6 is 0 Å². The van der Waals surface area contributed by atoms with Crippen LogP contribution in [0.5, 0.6) is 0 Å². The summed E-state index contributed by atoms with van der Waals surface area (Å²) < 4.78 is 13.4. The molecule has 0 bridgehead atoms. The molecule has 1 aliphatic carbocycles. The van der Waals surface area contributed by atoms with E-state index >= 15 is 0 Å². The lowest BCUT2D eigenvalue weighted by atomic mass is 9.86. The van der Waals surface area contributed by atoms with Crippen LogP contribution in [0.15, 0.2) is 24.3 Å². The zero-order chi connectivity index (χ0) is 13.7. The van der Waals surface area contributed by atoms with Gasteiger partial charge in [0, 0.05) is 12.5 Å². The zero-order valence-electron chi connectivity index (χ0n) is 11.5. The second-order valence-corrected chi connectivity index (χ2v) is 5.53. The summed E-state index contributed by atoms with van der Waals surface area (Å²) in [7, 11) is 0. The molecule has 1 N–H and O–H groups in total. The van der Waals surface area contributed by atoms with Gasteiger partial charge in [0.2, 0.25) is 5.91 Å². The number of rotatable bonds is 4. The van der Waals surface area contributed by atoms with Gasteiger partial charge in [-0.05, 0) is 36.8 Å². The van der Waals surface area contributed by atoms with Gasteiger partial charge in [0.15, 0.2) is 0 Å². The molecule has 19 heavy (non-hydrogen) atoms. The lowest BCUT2D eigenvalue weighted by molar-refractivity contribution is -0.122. The normalized spacial score (nSPS) is 23.1. The fraction of sp³-hybridized carbons (Fsp3) is 0.562. The van der Waals surface area contributed by atoms with E-state index in [0.29, 0.717) is 30.4 Å². The Labute approximate surface area is 114 Å². The molecule has 0 aliphatic heterocycles. The molecule has 2 rings (SSSR count). The SMILES string of the molecule is CC1CCCCC1NC(=O)CCc1ccccc1F. The van der Waals surface area contributed by atoms with Crippen LogP contribution in [0.25, 0.3) is 0 Å². The number of hydrogen-bond donors (Lipinski definition) is 1. The van der Waals surface area contributed by atoms with Crippen molar-refractivity contribution in [1.82, 2.24) is 5.32 Å². The zero-order valence-corrected chi connectivity index (χ0v) is 11.5. The molecule has 0 radical (unpaired) electrons. The topological polar surface area (TPSA) is 29.1 Å². The number of benzene rings is 1. The number of nitrogens with one attached hydrogen (secondary N) is 1. The van der Waals surface area contributed by atoms with E-state index in [4.69, 9.17) is 0 Å². The standard InChI is InChI=1S/C16H22FNO/c1-12-6-2-5-9-15(12)18-16(19)11-10-13-7-3-4-8-14(13)17/h3-4,7-8,12,15H,2,5-6,9-11H2,1H3,(H,18,19). The number of aryl methyl sites for hydroxylation is 1. The minimum Gasteiger partial charge on any atom is -0.353 e. The molecule has 3 heteroatoms.